The zero-order valence-corrected chi connectivity index (χ0v) is 20.3. The van der Waals surface area contributed by atoms with Crippen LogP contribution in [0.2, 0.25) is 15.1 Å². The number of ether oxygens (including phenoxy) is 1. The maximum Gasteiger partial charge on any atom is 0.415 e. The van der Waals surface area contributed by atoms with Gasteiger partial charge in [-0.1, -0.05) is 65.1 Å². The lowest BCUT2D eigenvalue weighted by molar-refractivity contribution is 0.0674. The highest BCUT2D eigenvalue weighted by atomic mass is 35.5. The number of hydrogen-bond donors (Lipinski definition) is 1. The molecule has 0 aromatic heterocycles. The van der Waals surface area contributed by atoms with Gasteiger partial charge in [0.1, 0.15) is 0 Å². The number of carbonyl (C=O) groups excluding carboxylic acids is 1. The first-order valence-electron chi connectivity index (χ1n) is 10.5. The average molecular weight is 510 g/mol. The van der Waals surface area contributed by atoms with Gasteiger partial charge in [0, 0.05) is 50.2 Å². The molecule has 0 spiro atoms. The Morgan fingerprint density at radius 3 is 1.91 bits per heavy atom. The highest BCUT2D eigenvalue weighted by molar-refractivity contribution is 6.31. The first-order chi connectivity index (χ1) is 16.4. The van der Waals surface area contributed by atoms with E-state index in [0.29, 0.717) is 15.1 Å². The lowest BCUT2D eigenvalue weighted by atomic mass is 9.78. The molecule has 0 atom stereocenters. The van der Waals surface area contributed by atoms with E-state index in [2.05, 4.69) is 5.32 Å². The number of nitrogens with zero attached hydrogens (tertiary/aromatic N) is 1. The van der Waals surface area contributed by atoms with Crippen LogP contribution in [0.4, 0.5) is 21.9 Å². The number of amides is 1. The summed E-state index contributed by atoms with van der Waals surface area (Å²) in [5.41, 5.74) is 3.52. The molecule has 4 nitrogen and oxygen atoms in total. The summed E-state index contributed by atoms with van der Waals surface area (Å²) in [5.74, 6) is 0. The normalized spacial score (nSPS) is 14.4. The van der Waals surface area contributed by atoms with Crippen LogP contribution in [0.15, 0.2) is 91.0 Å². The average Bonchev–Trinajstić information content (AvgIpc) is 2.83. The highest BCUT2D eigenvalue weighted by Crippen LogP contribution is 2.49. The predicted octanol–water partition coefficient (Wildman–Crippen LogP) is 8.27. The minimum absolute atomic E-state index is 0.465. The van der Waals surface area contributed by atoms with Gasteiger partial charge in [0.25, 0.3) is 0 Å². The van der Waals surface area contributed by atoms with Crippen molar-refractivity contribution in [1.29, 1.82) is 0 Å². The summed E-state index contributed by atoms with van der Waals surface area (Å²) in [6.45, 7) is 0. The molecule has 7 heteroatoms. The molecule has 0 aliphatic carbocycles. The number of carbonyl (C=O) groups is 1. The van der Waals surface area contributed by atoms with Gasteiger partial charge in [-0.05, 0) is 60.7 Å². The Labute approximate surface area is 212 Å². The Morgan fingerprint density at radius 1 is 0.735 bits per heavy atom. The second-order valence-corrected chi connectivity index (χ2v) is 9.30. The van der Waals surface area contributed by atoms with E-state index in [1.165, 1.54) is 4.90 Å². The molecule has 0 fully saturated rings. The standard InChI is InChI=1S/C27H19Cl3N2O2/c1-32-25-14-13-23(31-22-4-2-3-21(30)15-22)16-24(25)27(34-26(32)33,17-5-9-19(28)10-6-17)18-7-11-20(29)12-8-18/h2-16,31H,1H3. The van der Waals surface area contributed by atoms with Crippen LogP contribution < -0.4 is 10.2 Å². The largest absolute Gasteiger partial charge is 0.428 e. The van der Waals surface area contributed by atoms with Gasteiger partial charge >= 0.3 is 6.09 Å². The molecule has 1 N–H and O–H groups in total. The van der Waals surface area contributed by atoms with E-state index in [4.69, 9.17) is 39.5 Å². The van der Waals surface area contributed by atoms with Crippen LogP contribution in [0.3, 0.4) is 0 Å². The molecule has 4 aromatic rings. The summed E-state index contributed by atoms with van der Waals surface area (Å²) >= 11 is 18.5. The molecule has 1 aliphatic rings. The number of cyclic esters (lactones) is 1. The van der Waals surface area contributed by atoms with E-state index in [1.807, 2.05) is 66.7 Å². The van der Waals surface area contributed by atoms with Crippen molar-refractivity contribution in [2.24, 2.45) is 0 Å². The fourth-order valence-corrected chi connectivity index (χ4v) is 4.68. The van der Waals surface area contributed by atoms with Gasteiger partial charge in [0.15, 0.2) is 5.60 Å². The maximum atomic E-state index is 13.1. The SMILES string of the molecule is CN1C(=O)OC(c2ccc(Cl)cc2)(c2ccc(Cl)cc2)c2cc(Nc3cccc(Cl)c3)ccc21. The fraction of sp³-hybridized carbons (Fsp3) is 0.0741. The highest BCUT2D eigenvalue weighted by Gasteiger charge is 2.47. The molecule has 1 aliphatic heterocycles. The number of halogens is 3. The summed E-state index contributed by atoms with van der Waals surface area (Å²) in [6.07, 6.45) is -0.465. The Hall–Kier alpha value is -3.18. The second-order valence-electron chi connectivity index (χ2n) is 7.99. The van der Waals surface area contributed by atoms with Crippen LogP contribution >= 0.6 is 34.8 Å². The van der Waals surface area contributed by atoms with Crippen molar-refractivity contribution in [3.05, 3.63) is 123 Å². The molecular weight excluding hydrogens is 491 g/mol. The van der Waals surface area contributed by atoms with Crippen molar-refractivity contribution >= 4 is 58.0 Å². The number of anilines is 3. The van der Waals surface area contributed by atoms with Gasteiger partial charge in [-0.15, -0.1) is 0 Å². The van der Waals surface area contributed by atoms with Gasteiger partial charge in [-0.25, -0.2) is 4.79 Å². The van der Waals surface area contributed by atoms with Gasteiger partial charge < -0.3 is 10.1 Å². The quantitative estimate of drug-likeness (QED) is 0.301. The number of fused-ring (bicyclic) bond motifs is 1. The molecular formula is C27H19Cl3N2O2. The number of rotatable bonds is 4. The smallest absolute Gasteiger partial charge is 0.415 e. The maximum absolute atomic E-state index is 13.1. The van der Waals surface area contributed by atoms with Gasteiger partial charge in [0.2, 0.25) is 0 Å². The number of benzene rings is 4. The van der Waals surface area contributed by atoms with Crippen LogP contribution in [0.5, 0.6) is 0 Å². The van der Waals surface area contributed by atoms with Crippen LogP contribution in [0.25, 0.3) is 0 Å². The Kier molecular flexibility index (Phi) is 5.90. The summed E-state index contributed by atoms with van der Waals surface area (Å²) in [5, 5.41) is 5.20. The first kappa shape index (κ1) is 22.6. The molecule has 170 valence electrons. The van der Waals surface area contributed by atoms with E-state index in [-0.39, 0.29) is 0 Å². The number of hydrogen-bond acceptors (Lipinski definition) is 3. The van der Waals surface area contributed by atoms with Gasteiger partial charge in [-0.3, -0.25) is 4.90 Å². The van der Waals surface area contributed by atoms with E-state index in [1.54, 1.807) is 31.3 Å². The summed E-state index contributed by atoms with van der Waals surface area (Å²) in [6, 6.07) is 27.9. The Balaban J connectivity index is 1.75. The second kappa shape index (κ2) is 8.88. The Morgan fingerprint density at radius 2 is 1.32 bits per heavy atom. The minimum atomic E-state index is -1.21. The minimum Gasteiger partial charge on any atom is -0.428 e. The van der Waals surface area contributed by atoms with Crippen LogP contribution in [0.1, 0.15) is 16.7 Å². The molecule has 0 saturated heterocycles. The van der Waals surface area contributed by atoms with Crippen LogP contribution in [-0.4, -0.2) is 13.1 Å². The van der Waals surface area contributed by atoms with Crippen molar-refractivity contribution in [2.45, 2.75) is 5.60 Å². The molecule has 0 saturated carbocycles. The summed E-state index contributed by atoms with van der Waals surface area (Å²) in [7, 11) is 1.69. The van der Waals surface area contributed by atoms with E-state index in [9.17, 15) is 4.79 Å². The number of nitrogens with one attached hydrogen (secondary N) is 1. The molecule has 5 rings (SSSR count). The third kappa shape index (κ3) is 3.98. The summed E-state index contributed by atoms with van der Waals surface area (Å²) < 4.78 is 6.24. The fourth-order valence-electron chi connectivity index (χ4n) is 4.24. The molecule has 1 amide bonds. The third-order valence-electron chi connectivity index (χ3n) is 5.87. The van der Waals surface area contributed by atoms with Crippen molar-refractivity contribution < 1.29 is 9.53 Å². The van der Waals surface area contributed by atoms with Gasteiger partial charge in [0.05, 0.1) is 5.69 Å². The van der Waals surface area contributed by atoms with Crippen molar-refractivity contribution in [1.82, 2.24) is 0 Å². The van der Waals surface area contributed by atoms with E-state index >= 15 is 0 Å². The monoisotopic (exact) mass is 508 g/mol. The van der Waals surface area contributed by atoms with Gasteiger partial charge in [-0.2, -0.15) is 0 Å². The molecule has 4 aromatic carbocycles. The van der Waals surface area contributed by atoms with Crippen LogP contribution in [0, 0.1) is 0 Å². The first-order valence-corrected chi connectivity index (χ1v) is 11.7. The summed E-state index contributed by atoms with van der Waals surface area (Å²) in [4.78, 5) is 14.6. The topological polar surface area (TPSA) is 41.6 Å². The zero-order valence-electron chi connectivity index (χ0n) is 18.1. The van der Waals surface area contributed by atoms with Crippen molar-refractivity contribution in [3.8, 4) is 0 Å². The molecule has 1 heterocycles. The van der Waals surface area contributed by atoms with Crippen molar-refractivity contribution in [2.75, 3.05) is 17.3 Å². The molecule has 34 heavy (non-hydrogen) atoms. The van der Waals surface area contributed by atoms with E-state index < -0.39 is 11.7 Å². The molecule has 0 unspecified atom stereocenters. The molecule has 0 radical (unpaired) electrons. The van der Waals surface area contributed by atoms with Crippen molar-refractivity contribution in [3.63, 3.8) is 0 Å². The lowest BCUT2D eigenvalue weighted by Gasteiger charge is -2.42. The molecule has 0 bridgehead atoms. The lowest BCUT2D eigenvalue weighted by Crippen LogP contribution is -2.45. The zero-order chi connectivity index (χ0) is 23.9. The Bertz CT molecular complexity index is 1330. The third-order valence-corrected chi connectivity index (χ3v) is 6.61. The predicted molar refractivity (Wildman–Crippen MR) is 139 cm³/mol. The van der Waals surface area contributed by atoms with Crippen LogP contribution in [-0.2, 0) is 10.3 Å². The van der Waals surface area contributed by atoms with E-state index in [0.717, 1.165) is 33.8 Å².